The van der Waals surface area contributed by atoms with Crippen molar-refractivity contribution in [3.05, 3.63) is 47.5 Å². The van der Waals surface area contributed by atoms with Crippen LogP contribution in [0.3, 0.4) is 0 Å². The molecule has 0 radical (unpaired) electrons. The van der Waals surface area contributed by atoms with Crippen molar-refractivity contribution >= 4 is 11.8 Å². The summed E-state index contributed by atoms with van der Waals surface area (Å²) in [4.78, 5) is 32.0. The van der Waals surface area contributed by atoms with E-state index < -0.39 is 0 Å². The molecular weight excluding hydrogens is 436 g/mol. The van der Waals surface area contributed by atoms with Crippen LogP contribution in [0, 0.1) is 5.92 Å². The third-order valence-electron chi connectivity index (χ3n) is 7.10. The molecule has 2 unspecified atom stereocenters. The Hall–Kier alpha value is -2.91. The Morgan fingerprint density at radius 2 is 1.94 bits per heavy atom. The number of nitrogens with zero attached hydrogens (tertiary/aromatic N) is 3. The molecule has 2 amide bonds. The maximum absolute atomic E-state index is 13.2. The van der Waals surface area contributed by atoms with E-state index in [4.69, 9.17) is 14.2 Å². The van der Waals surface area contributed by atoms with Crippen molar-refractivity contribution in [3.63, 3.8) is 0 Å². The summed E-state index contributed by atoms with van der Waals surface area (Å²) in [6.45, 7) is 3.41. The van der Waals surface area contributed by atoms with Gasteiger partial charge in [-0.05, 0) is 43.4 Å². The van der Waals surface area contributed by atoms with Gasteiger partial charge in [0.15, 0.2) is 5.69 Å². The number of methoxy groups -OCH3 is 1. The van der Waals surface area contributed by atoms with Gasteiger partial charge in [0, 0.05) is 32.2 Å². The Morgan fingerprint density at radius 3 is 2.65 bits per heavy atom. The third-order valence-corrected chi connectivity index (χ3v) is 7.10. The van der Waals surface area contributed by atoms with Gasteiger partial charge in [0.25, 0.3) is 5.91 Å². The number of amides is 2. The van der Waals surface area contributed by atoms with Crippen molar-refractivity contribution < 1.29 is 23.8 Å². The normalized spacial score (nSPS) is 22.9. The molecule has 1 aromatic carbocycles. The van der Waals surface area contributed by atoms with Gasteiger partial charge in [0.05, 0.1) is 38.4 Å². The van der Waals surface area contributed by atoms with Crippen molar-refractivity contribution in [1.29, 1.82) is 0 Å². The largest absolute Gasteiger partial charge is 0.497 e. The van der Waals surface area contributed by atoms with Crippen molar-refractivity contribution in [2.24, 2.45) is 5.92 Å². The zero-order valence-corrected chi connectivity index (χ0v) is 19.6. The van der Waals surface area contributed by atoms with Gasteiger partial charge in [-0.2, -0.15) is 0 Å². The summed E-state index contributed by atoms with van der Waals surface area (Å²) in [5.41, 5.74) is 2.33. The predicted molar refractivity (Wildman–Crippen MR) is 123 cm³/mol. The first-order valence-corrected chi connectivity index (χ1v) is 12.1. The lowest BCUT2D eigenvalue weighted by molar-refractivity contribution is -0.126. The topological polar surface area (TPSA) is 94.9 Å². The lowest BCUT2D eigenvalue weighted by Crippen LogP contribution is -2.44. The van der Waals surface area contributed by atoms with Crippen LogP contribution in [0.15, 0.2) is 30.6 Å². The Bertz CT molecular complexity index is 1010. The van der Waals surface area contributed by atoms with E-state index in [0.29, 0.717) is 51.3 Å². The Labute approximate surface area is 199 Å². The minimum absolute atomic E-state index is 0.0602. The average molecular weight is 469 g/mol. The van der Waals surface area contributed by atoms with Gasteiger partial charge in [0.1, 0.15) is 11.9 Å². The van der Waals surface area contributed by atoms with E-state index in [1.54, 1.807) is 13.4 Å². The fraction of sp³-hybridized carbons (Fsp3) is 0.560. The Balaban J connectivity index is 1.15. The van der Waals surface area contributed by atoms with Gasteiger partial charge in [-0.1, -0.05) is 12.1 Å². The molecule has 9 heteroatoms. The van der Waals surface area contributed by atoms with E-state index in [1.165, 1.54) is 0 Å². The van der Waals surface area contributed by atoms with Crippen LogP contribution in [-0.4, -0.2) is 65.7 Å². The molecule has 0 saturated carbocycles. The molecule has 5 rings (SSSR count). The summed E-state index contributed by atoms with van der Waals surface area (Å²) < 4.78 is 18.9. The van der Waals surface area contributed by atoms with Crippen LogP contribution in [0.5, 0.6) is 5.75 Å². The number of fused-ring (bicyclic) bond motifs is 1. The molecule has 1 aromatic heterocycles. The van der Waals surface area contributed by atoms with Gasteiger partial charge in [0.2, 0.25) is 5.91 Å². The molecule has 9 nitrogen and oxygen atoms in total. The monoisotopic (exact) mass is 468 g/mol. The van der Waals surface area contributed by atoms with E-state index in [-0.39, 0.29) is 29.9 Å². The third kappa shape index (κ3) is 4.81. The SMILES string of the molecule is COc1ccc(C2Cn3cnc(C(=O)N4CCC(C(=O)NCC5CCCO5)CC4)c3CO2)cc1. The summed E-state index contributed by atoms with van der Waals surface area (Å²) >= 11 is 0. The number of ether oxygens (including phenoxy) is 3. The highest BCUT2D eigenvalue weighted by atomic mass is 16.5. The molecule has 0 aliphatic carbocycles. The van der Waals surface area contributed by atoms with Gasteiger partial charge in [-0.15, -0.1) is 0 Å². The first-order chi connectivity index (χ1) is 16.6. The van der Waals surface area contributed by atoms with E-state index in [9.17, 15) is 9.59 Å². The fourth-order valence-electron chi connectivity index (χ4n) is 4.98. The molecule has 0 spiro atoms. The molecule has 2 atom stereocenters. The maximum atomic E-state index is 13.2. The molecule has 182 valence electrons. The van der Waals surface area contributed by atoms with Crippen LogP contribution in [0.2, 0.25) is 0 Å². The van der Waals surface area contributed by atoms with Crippen LogP contribution < -0.4 is 10.1 Å². The molecule has 2 saturated heterocycles. The van der Waals surface area contributed by atoms with Crippen LogP contribution in [0.25, 0.3) is 0 Å². The summed E-state index contributed by atoms with van der Waals surface area (Å²) in [7, 11) is 1.65. The second kappa shape index (κ2) is 10.1. The van der Waals surface area contributed by atoms with Crippen molar-refractivity contribution in [2.45, 2.75) is 51.0 Å². The van der Waals surface area contributed by atoms with Crippen LogP contribution in [0.4, 0.5) is 0 Å². The number of piperidine rings is 1. The number of nitrogens with one attached hydrogen (secondary N) is 1. The average Bonchev–Trinajstić information content (AvgIpc) is 3.56. The molecule has 1 N–H and O–H groups in total. The minimum Gasteiger partial charge on any atom is -0.497 e. The molecule has 3 aliphatic rings. The van der Waals surface area contributed by atoms with Crippen molar-refractivity contribution in [2.75, 3.05) is 33.4 Å². The number of rotatable bonds is 6. The van der Waals surface area contributed by atoms with Crippen LogP contribution in [0.1, 0.15) is 53.5 Å². The van der Waals surface area contributed by atoms with E-state index >= 15 is 0 Å². The second-order valence-electron chi connectivity index (χ2n) is 9.21. The lowest BCUT2D eigenvalue weighted by Gasteiger charge is -2.32. The standard InChI is InChI=1S/C25H32N4O5/c1-32-19-6-4-17(5-7-19)22-14-29-16-27-23(21(29)15-34-22)25(31)28-10-8-18(9-11-28)24(30)26-13-20-3-2-12-33-20/h4-7,16,18,20,22H,2-3,8-15H2,1H3,(H,26,30). The summed E-state index contributed by atoms with van der Waals surface area (Å²) in [6.07, 6.45) is 5.17. The van der Waals surface area contributed by atoms with Gasteiger partial charge < -0.3 is 29.0 Å². The molecule has 0 bridgehead atoms. The van der Waals surface area contributed by atoms with Gasteiger partial charge in [-0.25, -0.2) is 4.98 Å². The summed E-state index contributed by atoms with van der Waals surface area (Å²) in [6, 6.07) is 7.84. The van der Waals surface area contributed by atoms with E-state index in [1.807, 2.05) is 33.7 Å². The number of hydrogen-bond acceptors (Lipinski definition) is 6. The smallest absolute Gasteiger partial charge is 0.274 e. The summed E-state index contributed by atoms with van der Waals surface area (Å²) in [5, 5.41) is 3.02. The molecule has 3 aliphatic heterocycles. The minimum atomic E-state index is -0.0977. The molecular formula is C25H32N4O5. The first kappa shape index (κ1) is 22.9. The number of carbonyl (C=O) groups is 2. The number of imidazole rings is 1. The highest BCUT2D eigenvalue weighted by Crippen LogP contribution is 2.30. The fourth-order valence-corrected chi connectivity index (χ4v) is 4.98. The van der Waals surface area contributed by atoms with Crippen LogP contribution in [-0.2, 0) is 27.4 Å². The highest BCUT2D eigenvalue weighted by molar-refractivity contribution is 5.93. The first-order valence-electron chi connectivity index (χ1n) is 12.1. The van der Waals surface area contributed by atoms with Crippen molar-refractivity contribution in [1.82, 2.24) is 19.8 Å². The Morgan fingerprint density at radius 1 is 1.15 bits per heavy atom. The summed E-state index contributed by atoms with van der Waals surface area (Å²) in [5.74, 6) is 0.730. The zero-order chi connectivity index (χ0) is 23.5. The zero-order valence-electron chi connectivity index (χ0n) is 19.6. The number of benzene rings is 1. The molecule has 2 fully saturated rings. The number of likely N-dealkylation sites (tertiary alicyclic amines) is 1. The molecule has 34 heavy (non-hydrogen) atoms. The maximum Gasteiger partial charge on any atom is 0.274 e. The predicted octanol–water partition coefficient (Wildman–Crippen LogP) is 2.31. The quantitative estimate of drug-likeness (QED) is 0.699. The number of hydrogen-bond donors (Lipinski definition) is 1. The van der Waals surface area contributed by atoms with Gasteiger partial charge >= 0.3 is 0 Å². The van der Waals surface area contributed by atoms with Gasteiger partial charge in [-0.3, -0.25) is 9.59 Å². The van der Waals surface area contributed by atoms with E-state index in [0.717, 1.165) is 36.5 Å². The number of aromatic nitrogens is 2. The van der Waals surface area contributed by atoms with E-state index in [2.05, 4.69) is 10.3 Å². The molecule has 2 aromatic rings. The van der Waals surface area contributed by atoms with Crippen LogP contribution >= 0.6 is 0 Å². The lowest BCUT2D eigenvalue weighted by atomic mass is 9.95. The number of carbonyl (C=O) groups excluding carboxylic acids is 2. The second-order valence-corrected chi connectivity index (χ2v) is 9.21. The highest BCUT2D eigenvalue weighted by Gasteiger charge is 2.32. The molecule has 4 heterocycles. The Kier molecular flexibility index (Phi) is 6.82. The van der Waals surface area contributed by atoms with Crippen molar-refractivity contribution in [3.8, 4) is 5.75 Å².